The highest BCUT2D eigenvalue weighted by Gasteiger charge is 2.45. The number of hydrogen-bond donors (Lipinski definition) is 1. The predicted molar refractivity (Wildman–Crippen MR) is 87.3 cm³/mol. The van der Waals surface area contributed by atoms with Gasteiger partial charge in [-0.1, -0.05) is 0 Å². The largest absolute Gasteiger partial charge is 0.485 e. The quantitative estimate of drug-likeness (QED) is 0.500. The molecule has 1 aliphatic heterocycles. The fourth-order valence-corrected chi connectivity index (χ4v) is 2.76. The average Bonchev–Trinajstić information content (AvgIpc) is 2.56. The zero-order chi connectivity index (χ0) is 17.7. The van der Waals surface area contributed by atoms with Crippen molar-refractivity contribution < 1.29 is 14.6 Å². The number of aliphatic hydroxyl groups excluding tert-OH is 1. The van der Waals surface area contributed by atoms with Crippen LogP contribution in [0.1, 0.15) is 31.0 Å². The number of nitrogens with zero attached hydrogens (tertiary/aromatic N) is 4. The predicted octanol–water partition coefficient (Wildman–Crippen LogP) is 1.59. The van der Waals surface area contributed by atoms with Crippen molar-refractivity contribution in [2.45, 2.75) is 31.6 Å². The first-order chi connectivity index (χ1) is 11.4. The Balaban J connectivity index is 2.53. The van der Waals surface area contributed by atoms with Crippen molar-refractivity contribution in [2.24, 2.45) is 4.99 Å². The SMILES string of the molecule is COCCN(C=NC#N)[C@H]1c2cc(C#N)ccc2OC(C)(C)[C@@H]1O. The fourth-order valence-electron chi connectivity index (χ4n) is 2.76. The van der Waals surface area contributed by atoms with E-state index in [-0.39, 0.29) is 0 Å². The Morgan fingerprint density at radius 1 is 1.46 bits per heavy atom. The lowest BCUT2D eigenvalue weighted by Crippen LogP contribution is -2.53. The van der Waals surface area contributed by atoms with Crippen LogP contribution in [-0.4, -0.2) is 48.3 Å². The van der Waals surface area contributed by atoms with Crippen LogP contribution in [0.3, 0.4) is 0 Å². The van der Waals surface area contributed by atoms with Crippen molar-refractivity contribution in [2.75, 3.05) is 20.3 Å². The molecule has 0 saturated carbocycles. The van der Waals surface area contributed by atoms with Gasteiger partial charge in [0.05, 0.1) is 24.3 Å². The molecule has 1 N–H and O–H groups in total. The summed E-state index contributed by atoms with van der Waals surface area (Å²) < 4.78 is 11.0. The summed E-state index contributed by atoms with van der Waals surface area (Å²) in [6.45, 7) is 4.41. The second kappa shape index (κ2) is 7.31. The smallest absolute Gasteiger partial charge is 0.207 e. The van der Waals surface area contributed by atoms with Crippen molar-refractivity contribution in [3.05, 3.63) is 29.3 Å². The number of methoxy groups -OCH3 is 1. The number of benzene rings is 1. The minimum absolute atomic E-state index is 0.398. The van der Waals surface area contributed by atoms with E-state index < -0.39 is 17.7 Å². The zero-order valence-electron chi connectivity index (χ0n) is 13.9. The van der Waals surface area contributed by atoms with E-state index in [9.17, 15) is 5.11 Å². The third-order valence-electron chi connectivity index (χ3n) is 4.02. The van der Waals surface area contributed by atoms with Crippen LogP contribution >= 0.6 is 0 Å². The molecule has 7 nitrogen and oxygen atoms in total. The Labute approximate surface area is 141 Å². The van der Waals surface area contributed by atoms with Gasteiger partial charge in [0.2, 0.25) is 6.19 Å². The Hall–Kier alpha value is -2.61. The van der Waals surface area contributed by atoms with Gasteiger partial charge in [-0.2, -0.15) is 15.5 Å². The van der Waals surface area contributed by atoms with E-state index in [1.807, 2.05) is 0 Å². The Kier molecular flexibility index (Phi) is 5.40. The minimum Gasteiger partial charge on any atom is -0.485 e. The van der Waals surface area contributed by atoms with Gasteiger partial charge in [-0.3, -0.25) is 0 Å². The monoisotopic (exact) mass is 328 g/mol. The van der Waals surface area contributed by atoms with Crippen molar-refractivity contribution >= 4 is 6.34 Å². The van der Waals surface area contributed by atoms with E-state index in [0.29, 0.717) is 30.0 Å². The maximum atomic E-state index is 10.8. The molecule has 0 aromatic heterocycles. The maximum Gasteiger partial charge on any atom is 0.207 e. The van der Waals surface area contributed by atoms with Crippen molar-refractivity contribution in [3.8, 4) is 18.0 Å². The second-order valence-electron chi connectivity index (χ2n) is 6.03. The number of aliphatic imine (C=N–C) groups is 1. The molecule has 0 amide bonds. The first-order valence-electron chi connectivity index (χ1n) is 7.52. The number of fused-ring (bicyclic) bond motifs is 1. The van der Waals surface area contributed by atoms with Gasteiger partial charge in [0.1, 0.15) is 23.8 Å². The summed E-state index contributed by atoms with van der Waals surface area (Å²) >= 11 is 0. The van der Waals surface area contributed by atoms with Gasteiger partial charge >= 0.3 is 0 Å². The van der Waals surface area contributed by atoms with Gasteiger partial charge in [-0.15, -0.1) is 0 Å². The van der Waals surface area contributed by atoms with Crippen molar-refractivity contribution in [1.29, 1.82) is 10.5 Å². The fraction of sp³-hybridized carbons (Fsp3) is 0.471. The van der Waals surface area contributed by atoms with E-state index in [4.69, 9.17) is 20.0 Å². The van der Waals surface area contributed by atoms with E-state index in [0.717, 1.165) is 0 Å². The van der Waals surface area contributed by atoms with Gasteiger partial charge in [-0.05, 0) is 32.0 Å². The highest BCUT2D eigenvalue weighted by atomic mass is 16.5. The summed E-state index contributed by atoms with van der Waals surface area (Å²) in [7, 11) is 1.58. The molecule has 24 heavy (non-hydrogen) atoms. The van der Waals surface area contributed by atoms with Crippen LogP contribution in [0.15, 0.2) is 23.2 Å². The molecule has 1 aromatic carbocycles. The number of nitriles is 2. The van der Waals surface area contributed by atoms with Crippen LogP contribution in [0.4, 0.5) is 0 Å². The van der Waals surface area contributed by atoms with E-state index in [2.05, 4.69) is 11.1 Å². The Morgan fingerprint density at radius 3 is 2.83 bits per heavy atom. The second-order valence-corrected chi connectivity index (χ2v) is 6.03. The molecule has 0 unspecified atom stereocenters. The third-order valence-corrected chi connectivity index (χ3v) is 4.02. The van der Waals surface area contributed by atoms with Crippen LogP contribution in [0, 0.1) is 22.8 Å². The molecule has 2 atom stereocenters. The molecule has 0 bridgehead atoms. The Bertz CT molecular complexity index is 703. The molecule has 0 spiro atoms. The molecule has 0 saturated heterocycles. The highest BCUT2D eigenvalue weighted by molar-refractivity contribution is 5.59. The molecular weight excluding hydrogens is 308 g/mol. The van der Waals surface area contributed by atoms with Gasteiger partial charge in [-0.25, -0.2) is 0 Å². The van der Waals surface area contributed by atoms with Gasteiger partial charge in [0.15, 0.2) is 0 Å². The lowest BCUT2D eigenvalue weighted by Gasteiger charge is -2.45. The summed E-state index contributed by atoms with van der Waals surface area (Å²) in [5, 5.41) is 28.7. The third kappa shape index (κ3) is 3.48. The van der Waals surface area contributed by atoms with Crippen LogP contribution in [0.5, 0.6) is 5.75 Å². The number of aliphatic hydroxyl groups is 1. The molecule has 1 aliphatic rings. The zero-order valence-corrected chi connectivity index (χ0v) is 13.9. The first kappa shape index (κ1) is 17.7. The standard InChI is InChI=1S/C17H20N4O3/c1-17(2)16(22)15(21(6-7-23-3)11-20-10-19)13-8-12(9-18)4-5-14(13)24-17/h4-5,8,11,15-16,22H,6-7H2,1-3H3/t15-,16+/m0/s1. The Morgan fingerprint density at radius 2 is 2.21 bits per heavy atom. The summed E-state index contributed by atoms with van der Waals surface area (Å²) in [5.41, 5.74) is 0.317. The molecule has 126 valence electrons. The van der Waals surface area contributed by atoms with Crippen LogP contribution in [-0.2, 0) is 4.74 Å². The first-order valence-corrected chi connectivity index (χ1v) is 7.52. The molecule has 7 heteroatoms. The summed E-state index contributed by atoms with van der Waals surface area (Å²) in [5.74, 6) is 0.599. The molecule has 0 aliphatic carbocycles. The normalized spacial score (nSPS) is 21.4. The van der Waals surface area contributed by atoms with Crippen LogP contribution in [0.25, 0.3) is 0 Å². The number of ether oxygens (including phenoxy) is 2. The summed E-state index contributed by atoms with van der Waals surface area (Å²) in [6.07, 6.45) is 2.22. The van der Waals surface area contributed by atoms with Crippen LogP contribution in [0.2, 0.25) is 0 Å². The van der Waals surface area contributed by atoms with Crippen molar-refractivity contribution in [1.82, 2.24) is 4.90 Å². The van der Waals surface area contributed by atoms with Crippen molar-refractivity contribution in [3.63, 3.8) is 0 Å². The molecule has 2 rings (SSSR count). The van der Waals surface area contributed by atoms with Crippen LogP contribution < -0.4 is 4.74 Å². The number of rotatable bonds is 5. The van der Waals surface area contributed by atoms with Gasteiger partial charge in [0.25, 0.3) is 0 Å². The van der Waals surface area contributed by atoms with E-state index in [1.165, 1.54) is 6.34 Å². The summed E-state index contributed by atoms with van der Waals surface area (Å²) in [6, 6.07) is 6.67. The summed E-state index contributed by atoms with van der Waals surface area (Å²) in [4.78, 5) is 5.37. The molecule has 1 heterocycles. The van der Waals surface area contributed by atoms with E-state index >= 15 is 0 Å². The van der Waals surface area contributed by atoms with Gasteiger partial charge < -0.3 is 19.5 Å². The lowest BCUT2D eigenvalue weighted by atomic mass is 9.85. The molecule has 1 aromatic rings. The molecule has 0 fully saturated rings. The topological polar surface area (TPSA) is 102 Å². The van der Waals surface area contributed by atoms with Gasteiger partial charge in [0, 0.05) is 19.2 Å². The lowest BCUT2D eigenvalue weighted by molar-refractivity contribution is -0.0823. The maximum absolute atomic E-state index is 10.8. The van der Waals surface area contributed by atoms with E-state index in [1.54, 1.807) is 50.2 Å². The molecule has 0 radical (unpaired) electrons. The molecular formula is C17H20N4O3. The average molecular weight is 328 g/mol. The minimum atomic E-state index is -0.888. The number of hydrogen-bond acceptors (Lipinski definition) is 6. The highest BCUT2D eigenvalue weighted by Crippen LogP contribution is 2.42.